The third kappa shape index (κ3) is 46.7. The van der Waals surface area contributed by atoms with Crippen molar-refractivity contribution in [2.75, 3.05) is 40.9 Å². The standard InChI is InChI=1S/C53H103N2O6P/c1-6-8-10-12-14-16-18-20-22-24-25-26-27-28-29-31-33-35-37-39-41-43-45-47-53(57)54-51(50-61-62(58,59)60-49-48-55(3,4)5)52(56)46-44-42-40-38-36-34-32-30-23-21-19-17-15-13-11-9-7-2/h18,20,24-25,44,46,51-52,56H,6-17,19,21-23,26-43,45,47-50H2,1-5H3,(H-,54,57,58,59)/b20-18-,25-24-,46-44+. The number of nitrogens with zero attached hydrogens (tertiary/aromatic N) is 1. The molecule has 0 saturated carbocycles. The summed E-state index contributed by atoms with van der Waals surface area (Å²) in [6.45, 7) is 4.66. The van der Waals surface area contributed by atoms with Gasteiger partial charge in [0, 0.05) is 6.42 Å². The summed E-state index contributed by atoms with van der Waals surface area (Å²) in [5.41, 5.74) is 0. The second kappa shape index (κ2) is 44.9. The number of rotatable bonds is 48. The van der Waals surface area contributed by atoms with Crippen molar-refractivity contribution in [3.05, 3.63) is 36.5 Å². The predicted molar refractivity (Wildman–Crippen MR) is 265 cm³/mol. The number of likely N-dealkylation sites (N-methyl/N-ethyl adjacent to an activating group) is 1. The molecule has 3 unspecified atom stereocenters. The summed E-state index contributed by atoms with van der Waals surface area (Å²) in [5, 5.41) is 13.9. The molecule has 0 heterocycles. The lowest BCUT2D eigenvalue weighted by Gasteiger charge is -2.29. The number of amides is 1. The van der Waals surface area contributed by atoms with Gasteiger partial charge < -0.3 is 28.8 Å². The second-order valence-electron chi connectivity index (χ2n) is 19.2. The van der Waals surface area contributed by atoms with Crippen LogP contribution in [0.25, 0.3) is 0 Å². The lowest BCUT2D eigenvalue weighted by Crippen LogP contribution is -2.45. The first-order chi connectivity index (χ1) is 30.0. The highest BCUT2D eigenvalue weighted by molar-refractivity contribution is 7.45. The maximum atomic E-state index is 12.9. The second-order valence-corrected chi connectivity index (χ2v) is 20.6. The highest BCUT2D eigenvalue weighted by Gasteiger charge is 2.23. The van der Waals surface area contributed by atoms with Crippen LogP contribution in [0, 0.1) is 0 Å². The van der Waals surface area contributed by atoms with Crippen LogP contribution in [-0.4, -0.2) is 68.5 Å². The van der Waals surface area contributed by atoms with Crippen LogP contribution < -0.4 is 10.2 Å². The molecule has 0 bridgehead atoms. The molecule has 9 heteroatoms. The van der Waals surface area contributed by atoms with Gasteiger partial charge >= 0.3 is 0 Å². The molecule has 0 aliphatic rings. The Kier molecular flexibility index (Phi) is 44.0. The van der Waals surface area contributed by atoms with Gasteiger partial charge in [-0.1, -0.05) is 224 Å². The van der Waals surface area contributed by atoms with E-state index in [2.05, 4.69) is 43.5 Å². The maximum Gasteiger partial charge on any atom is 0.268 e. The average molecular weight is 895 g/mol. The zero-order valence-corrected chi connectivity index (χ0v) is 42.5. The number of hydrogen-bond acceptors (Lipinski definition) is 6. The number of carbonyl (C=O) groups excluding carboxylic acids is 1. The summed E-state index contributed by atoms with van der Waals surface area (Å²) in [4.78, 5) is 25.4. The SMILES string of the molecule is CCCCCCC/C=C\C/C=C\CCCCCCCCCCCCCC(=O)NC(COP(=O)([O-])OCC[N+](C)(C)C)C(O)/C=C/CCCCCCCCCCCCCCCCC. The maximum absolute atomic E-state index is 12.9. The number of hydrogen-bond donors (Lipinski definition) is 2. The number of quaternary nitrogens is 1. The van der Waals surface area contributed by atoms with Crippen molar-refractivity contribution in [3.8, 4) is 0 Å². The third-order valence-electron chi connectivity index (χ3n) is 11.8. The molecule has 0 fully saturated rings. The molecule has 62 heavy (non-hydrogen) atoms. The van der Waals surface area contributed by atoms with Crippen molar-refractivity contribution in [3.63, 3.8) is 0 Å². The number of allylic oxidation sites excluding steroid dienone is 5. The van der Waals surface area contributed by atoms with Gasteiger partial charge in [0.25, 0.3) is 7.82 Å². The Bertz CT molecular complexity index is 1110. The highest BCUT2D eigenvalue weighted by atomic mass is 31.2. The summed E-state index contributed by atoms with van der Waals surface area (Å²) in [6, 6.07) is -0.887. The van der Waals surface area contributed by atoms with Gasteiger partial charge in [0.1, 0.15) is 13.2 Å². The molecule has 0 aliphatic heterocycles. The minimum Gasteiger partial charge on any atom is -0.756 e. The van der Waals surface area contributed by atoms with E-state index in [0.717, 1.165) is 44.9 Å². The first kappa shape index (κ1) is 60.7. The fraction of sp³-hybridized carbons (Fsp3) is 0.868. The zero-order chi connectivity index (χ0) is 45.7. The molecular weight excluding hydrogens is 792 g/mol. The molecule has 0 aromatic heterocycles. The molecule has 366 valence electrons. The van der Waals surface area contributed by atoms with Crippen LogP contribution >= 0.6 is 7.82 Å². The number of unbranched alkanes of at least 4 members (excludes halogenated alkanes) is 31. The van der Waals surface area contributed by atoms with Crippen LogP contribution in [0.5, 0.6) is 0 Å². The van der Waals surface area contributed by atoms with Gasteiger partial charge in [-0.25, -0.2) is 0 Å². The monoisotopic (exact) mass is 895 g/mol. The Balaban J connectivity index is 4.27. The van der Waals surface area contributed by atoms with Gasteiger partial charge in [0.15, 0.2) is 0 Å². The van der Waals surface area contributed by atoms with Gasteiger partial charge in [-0.2, -0.15) is 0 Å². The molecule has 0 rings (SSSR count). The molecular formula is C53H103N2O6P. The summed E-state index contributed by atoms with van der Waals surface area (Å²) in [6.07, 6.45) is 56.2. The molecule has 0 aliphatic carbocycles. The van der Waals surface area contributed by atoms with Crippen LogP contribution in [0.3, 0.4) is 0 Å². The van der Waals surface area contributed by atoms with Gasteiger partial charge in [-0.05, 0) is 51.4 Å². The van der Waals surface area contributed by atoms with Crippen molar-refractivity contribution in [2.24, 2.45) is 0 Å². The number of aliphatic hydroxyl groups is 1. The number of carbonyl (C=O) groups is 1. The van der Waals surface area contributed by atoms with E-state index in [4.69, 9.17) is 9.05 Å². The number of nitrogens with one attached hydrogen (secondary N) is 1. The Morgan fingerprint density at radius 1 is 0.565 bits per heavy atom. The molecule has 0 aromatic rings. The lowest BCUT2D eigenvalue weighted by molar-refractivity contribution is -0.870. The van der Waals surface area contributed by atoms with E-state index >= 15 is 0 Å². The largest absolute Gasteiger partial charge is 0.756 e. The topological polar surface area (TPSA) is 108 Å². The summed E-state index contributed by atoms with van der Waals surface area (Å²) in [5.74, 6) is -0.198. The van der Waals surface area contributed by atoms with Gasteiger partial charge in [-0.3, -0.25) is 9.36 Å². The van der Waals surface area contributed by atoms with E-state index in [-0.39, 0.29) is 19.1 Å². The minimum absolute atomic E-state index is 0.000987. The Labute approximate surface area is 385 Å². The number of phosphoric ester groups is 1. The summed E-state index contributed by atoms with van der Waals surface area (Å²) < 4.78 is 23.3. The van der Waals surface area contributed by atoms with Crippen molar-refractivity contribution < 1.29 is 32.9 Å². The molecule has 0 aromatic carbocycles. The van der Waals surface area contributed by atoms with Crippen LogP contribution in [-0.2, 0) is 18.4 Å². The molecule has 1 amide bonds. The van der Waals surface area contributed by atoms with E-state index in [0.29, 0.717) is 17.4 Å². The van der Waals surface area contributed by atoms with Gasteiger partial charge in [0.05, 0.1) is 39.9 Å². The Morgan fingerprint density at radius 2 is 0.935 bits per heavy atom. The van der Waals surface area contributed by atoms with E-state index in [9.17, 15) is 19.4 Å². The molecule has 8 nitrogen and oxygen atoms in total. The molecule has 2 N–H and O–H groups in total. The van der Waals surface area contributed by atoms with E-state index < -0.39 is 20.0 Å². The predicted octanol–water partition coefficient (Wildman–Crippen LogP) is 14.8. The van der Waals surface area contributed by atoms with E-state index in [1.54, 1.807) is 6.08 Å². The van der Waals surface area contributed by atoms with Crippen LogP contribution in [0.4, 0.5) is 0 Å². The summed E-state index contributed by atoms with van der Waals surface area (Å²) >= 11 is 0. The van der Waals surface area contributed by atoms with E-state index in [1.807, 2.05) is 27.2 Å². The van der Waals surface area contributed by atoms with Crippen LogP contribution in [0.1, 0.15) is 245 Å². The summed E-state index contributed by atoms with van der Waals surface area (Å²) in [7, 11) is 1.26. The molecule has 0 saturated heterocycles. The zero-order valence-electron chi connectivity index (χ0n) is 41.6. The van der Waals surface area contributed by atoms with Crippen molar-refractivity contribution in [2.45, 2.75) is 257 Å². The van der Waals surface area contributed by atoms with Crippen molar-refractivity contribution >= 4 is 13.7 Å². The molecule has 0 spiro atoms. The van der Waals surface area contributed by atoms with Crippen molar-refractivity contribution in [1.82, 2.24) is 5.32 Å². The minimum atomic E-state index is -4.59. The number of phosphoric acid groups is 1. The van der Waals surface area contributed by atoms with Gasteiger partial charge in [0.2, 0.25) is 5.91 Å². The fourth-order valence-electron chi connectivity index (χ4n) is 7.65. The third-order valence-corrected chi connectivity index (χ3v) is 12.8. The smallest absolute Gasteiger partial charge is 0.268 e. The first-order valence-electron chi connectivity index (χ1n) is 26.4. The Hall–Kier alpha value is -1.28. The number of aliphatic hydroxyl groups excluding tert-OH is 1. The van der Waals surface area contributed by atoms with Crippen molar-refractivity contribution in [1.29, 1.82) is 0 Å². The molecule has 3 atom stereocenters. The fourth-order valence-corrected chi connectivity index (χ4v) is 8.38. The normalized spacial score (nSPS) is 14.4. The highest BCUT2D eigenvalue weighted by Crippen LogP contribution is 2.38. The molecule has 0 radical (unpaired) electrons. The Morgan fingerprint density at radius 3 is 1.34 bits per heavy atom. The lowest BCUT2D eigenvalue weighted by atomic mass is 10.0. The average Bonchev–Trinajstić information content (AvgIpc) is 3.23. The first-order valence-corrected chi connectivity index (χ1v) is 27.8. The van der Waals surface area contributed by atoms with Crippen LogP contribution in [0.2, 0.25) is 0 Å². The van der Waals surface area contributed by atoms with Crippen LogP contribution in [0.15, 0.2) is 36.5 Å². The van der Waals surface area contributed by atoms with Gasteiger partial charge in [-0.15, -0.1) is 0 Å². The quantitative estimate of drug-likeness (QED) is 0.0273. The van der Waals surface area contributed by atoms with E-state index in [1.165, 1.54) is 180 Å².